The Hall–Kier alpha value is -2.45. The first-order valence-corrected chi connectivity index (χ1v) is 12.5. The van der Waals surface area contributed by atoms with E-state index >= 15 is 0 Å². The molecule has 0 aliphatic heterocycles. The molecule has 9 heteroatoms. The largest absolute Gasteiger partial charge is 0.493 e. The van der Waals surface area contributed by atoms with E-state index in [0.717, 1.165) is 49.9 Å². The molecule has 2 heterocycles. The van der Waals surface area contributed by atoms with Crippen molar-refractivity contribution in [1.82, 2.24) is 24.4 Å². The number of aryl methyl sites for hydroxylation is 2. The maximum absolute atomic E-state index is 7.00. The van der Waals surface area contributed by atoms with Crippen LogP contribution in [0.3, 0.4) is 0 Å². The summed E-state index contributed by atoms with van der Waals surface area (Å²) in [4.78, 5) is 15.4. The molecule has 0 aliphatic rings. The predicted molar refractivity (Wildman–Crippen MR) is 154 cm³/mol. The number of benzene rings is 1. The molecule has 0 spiro atoms. The first-order chi connectivity index (χ1) is 17.2. The molecule has 3 rings (SSSR count). The van der Waals surface area contributed by atoms with Crippen molar-refractivity contribution in [2.45, 2.75) is 47.1 Å². The van der Waals surface area contributed by atoms with Gasteiger partial charge in [-0.3, -0.25) is 0 Å². The molecule has 0 saturated heterocycles. The summed E-state index contributed by atoms with van der Waals surface area (Å²) in [6.45, 7) is 17.0. The molecular formula is C27H41Cl2N5O2. The van der Waals surface area contributed by atoms with Gasteiger partial charge >= 0.3 is 0 Å². The van der Waals surface area contributed by atoms with Crippen LogP contribution < -0.4 is 4.74 Å². The smallest absolute Gasteiger partial charge is 0.225 e. The third-order valence-corrected chi connectivity index (χ3v) is 4.91. The van der Waals surface area contributed by atoms with Crippen LogP contribution in [-0.2, 0) is 6.54 Å². The van der Waals surface area contributed by atoms with Crippen molar-refractivity contribution >= 4 is 34.4 Å². The number of aliphatic hydroxyl groups excluding tert-OH is 1. The van der Waals surface area contributed by atoms with Crippen LogP contribution in [0.2, 0.25) is 10.3 Å². The van der Waals surface area contributed by atoms with Gasteiger partial charge in [-0.1, -0.05) is 30.7 Å². The van der Waals surface area contributed by atoms with Crippen LogP contribution in [0.4, 0.5) is 0 Å². The molecule has 0 amide bonds. The van der Waals surface area contributed by atoms with Gasteiger partial charge in [0.2, 0.25) is 5.28 Å². The van der Waals surface area contributed by atoms with Gasteiger partial charge in [0.15, 0.2) is 5.65 Å². The Morgan fingerprint density at radius 1 is 1.11 bits per heavy atom. The molecule has 0 bridgehead atoms. The number of halogens is 2. The molecule has 0 unspecified atom stereocenters. The summed E-state index contributed by atoms with van der Waals surface area (Å²) in [6, 6.07) is 3.81. The highest BCUT2D eigenvalue weighted by Gasteiger charge is 2.18. The SMILES string of the molecule is C=CC.C=CC.CCCn1cnc2c(-c3cc(OCCCN(C)C)c(C)cc3Cl)nc(Cl)nc21.CO. The van der Waals surface area contributed by atoms with Gasteiger partial charge in [-0.25, -0.2) is 9.97 Å². The molecule has 200 valence electrons. The van der Waals surface area contributed by atoms with Crippen LogP contribution >= 0.6 is 23.2 Å². The Morgan fingerprint density at radius 2 is 1.72 bits per heavy atom. The van der Waals surface area contributed by atoms with Gasteiger partial charge in [-0.05, 0) is 77.0 Å². The van der Waals surface area contributed by atoms with Crippen molar-refractivity contribution in [2.24, 2.45) is 0 Å². The summed E-state index contributed by atoms with van der Waals surface area (Å²) in [6.07, 6.45) is 7.18. The molecule has 36 heavy (non-hydrogen) atoms. The van der Waals surface area contributed by atoms with Gasteiger partial charge < -0.3 is 19.3 Å². The molecule has 1 aromatic carbocycles. The van der Waals surface area contributed by atoms with E-state index in [1.165, 1.54) is 0 Å². The number of aliphatic hydroxyl groups is 1. The number of allylic oxidation sites excluding steroid dienone is 2. The van der Waals surface area contributed by atoms with Gasteiger partial charge in [0.05, 0.1) is 18.0 Å². The first kappa shape index (κ1) is 33.5. The summed E-state index contributed by atoms with van der Waals surface area (Å²) in [5, 5.41) is 7.75. The average molecular weight is 539 g/mol. The third kappa shape index (κ3) is 10.7. The minimum atomic E-state index is 0.172. The summed E-state index contributed by atoms with van der Waals surface area (Å²) >= 11 is 12.8. The number of nitrogens with zero attached hydrogens (tertiary/aromatic N) is 5. The fourth-order valence-electron chi connectivity index (χ4n) is 3.06. The highest BCUT2D eigenvalue weighted by molar-refractivity contribution is 6.34. The summed E-state index contributed by atoms with van der Waals surface area (Å²) in [7, 11) is 5.10. The van der Waals surface area contributed by atoms with Crippen LogP contribution in [-0.4, -0.2) is 63.9 Å². The predicted octanol–water partition coefficient (Wildman–Crippen LogP) is 6.84. The van der Waals surface area contributed by atoms with Crippen molar-refractivity contribution in [3.63, 3.8) is 0 Å². The topological polar surface area (TPSA) is 76.3 Å². The zero-order valence-corrected chi connectivity index (χ0v) is 24.2. The van der Waals surface area contributed by atoms with Crippen molar-refractivity contribution in [2.75, 3.05) is 34.4 Å². The van der Waals surface area contributed by atoms with Crippen molar-refractivity contribution in [1.29, 1.82) is 0 Å². The molecule has 0 atom stereocenters. The number of aromatic nitrogens is 4. The molecule has 0 radical (unpaired) electrons. The lowest BCUT2D eigenvalue weighted by Gasteiger charge is -2.14. The van der Waals surface area contributed by atoms with E-state index in [1.54, 1.807) is 18.5 Å². The molecule has 0 aliphatic carbocycles. The second-order valence-corrected chi connectivity index (χ2v) is 8.62. The van der Waals surface area contributed by atoms with E-state index in [1.807, 2.05) is 51.6 Å². The Bertz CT molecular complexity index is 1060. The highest BCUT2D eigenvalue weighted by atomic mass is 35.5. The van der Waals surface area contributed by atoms with E-state index in [2.05, 4.69) is 39.9 Å². The Balaban J connectivity index is 0.00000137. The standard InChI is InChI=1S/C20H25Cl2N5O.2C3H6.CH4O/c1-5-7-27-12-23-18-17(24-20(22)25-19(18)27)14-11-16(13(2)10-15(14)21)28-9-6-8-26(3)4;2*1-3-2;1-2/h10-12H,5-9H2,1-4H3;2*3H,1H2,2H3;2H,1H3. The fraction of sp³-hybridized carbons (Fsp3) is 0.444. The van der Waals surface area contributed by atoms with Crippen molar-refractivity contribution < 1.29 is 9.84 Å². The molecule has 0 fully saturated rings. The second-order valence-electron chi connectivity index (χ2n) is 7.87. The van der Waals surface area contributed by atoms with Gasteiger partial charge in [-0.15, -0.1) is 13.2 Å². The zero-order chi connectivity index (χ0) is 27.7. The Morgan fingerprint density at radius 3 is 2.28 bits per heavy atom. The van der Waals surface area contributed by atoms with E-state index in [4.69, 9.17) is 33.0 Å². The summed E-state index contributed by atoms with van der Waals surface area (Å²) in [5.41, 5.74) is 3.73. The number of imidazole rings is 1. The van der Waals surface area contributed by atoms with Gasteiger partial charge in [0, 0.05) is 25.8 Å². The lowest BCUT2D eigenvalue weighted by atomic mass is 10.1. The number of fused-ring (bicyclic) bond motifs is 1. The van der Waals surface area contributed by atoms with Gasteiger partial charge in [-0.2, -0.15) is 4.98 Å². The molecule has 1 N–H and O–H groups in total. The van der Waals surface area contributed by atoms with Crippen LogP contribution in [0.15, 0.2) is 43.8 Å². The number of hydrogen-bond acceptors (Lipinski definition) is 6. The highest BCUT2D eigenvalue weighted by Crippen LogP contribution is 2.36. The molecular weight excluding hydrogens is 497 g/mol. The second kappa shape index (κ2) is 18.8. The molecule has 2 aromatic heterocycles. The number of ether oxygens (including phenoxy) is 1. The van der Waals surface area contributed by atoms with Crippen LogP contribution in [0.5, 0.6) is 5.75 Å². The van der Waals surface area contributed by atoms with Gasteiger partial charge in [0.1, 0.15) is 17.0 Å². The van der Waals surface area contributed by atoms with Crippen molar-refractivity contribution in [3.05, 3.63) is 59.6 Å². The Kier molecular flexibility index (Phi) is 17.5. The first-order valence-electron chi connectivity index (χ1n) is 11.8. The average Bonchev–Trinajstić information content (AvgIpc) is 3.22. The Labute approximate surface area is 226 Å². The van der Waals surface area contributed by atoms with Gasteiger partial charge in [0.25, 0.3) is 0 Å². The van der Waals surface area contributed by atoms with Crippen LogP contribution in [0.25, 0.3) is 22.4 Å². The lowest BCUT2D eigenvalue weighted by Crippen LogP contribution is -2.15. The van der Waals surface area contributed by atoms with E-state index in [9.17, 15) is 0 Å². The van der Waals surface area contributed by atoms with Crippen molar-refractivity contribution in [3.8, 4) is 17.0 Å². The molecule has 0 saturated carbocycles. The maximum Gasteiger partial charge on any atom is 0.225 e. The number of rotatable bonds is 8. The maximum atomic E-state index is 7.00. The molecule has 3 aromatic rings. The minimum absolute atomic E-state index is 0.172. The normalized spacial score (nSPS) is 9.86. The van der Waals surface area contributed by atoms with E-state index < -0.39 is 0 Å². The summed E-state index contributed by atoms with van der Waals surface area (Å²) in [5.74, 6) is 0.786. The monoisotopic (exact) mass is 537 g/mol. The number of hydrogen-bond donors (Lipinski definition) is 1. The lowest BCUT2D eigenvalue weighted by molar-refractivity contribution is 0.280. The quantitative estimate of drug-likeness (QED) is 0.192. The molecule has 7 nitrogen and oxygen atoms in total. The third-order valence-electron chi connectivity index (χ3n) is 4.43. The zero-order valence-electron chi connectivity index (χ0n) is 22.7. The van der Waals surface area contributed by atoms with E-state index in [-0.39, 0.29) is 5.28 Å². The van der Waals surface area contributed by atoms with E-state index in [0.29, 0.717) is 28.5 Å². The minimum Gasteiger partial charge on any atom is -0.493 e. The van der Waals surface area contributed by atoms with Crippen LogP contribution in [0, 0.1) is 6.92 Å². The fourth-order valence-corrected chi connectivity index (χ4v) is 3.54. The summed E-state index contributed by atoms with van der Waals surface area (Å²) < 4.78 is 7.98. The van der Waals surface area contributed by atoms with Crippen LogP contribution in [0.1, 0.15) is 39.2 Å².